The van der Waals surface area contributed by atoms with E-state index in [1.165, 1.54) is 25.7 Å². The van der Waals surface area contributed by atoms with Crippen LogP contribution in [0.1, 0.15) is 53.4 Å². The van der Waals surface area contributed by atoms with Crippen molar-refractivity contribution < 1.29 is 14.3 Å². The summed E-state index contributed by atoms with van der Waals surface area (Å²) in [5, 5.41) is 6.27. The van der Waals surface area contributed by atoms with Crippen LogP contribution in [-0.4, -0.2) is 30.9 Å². The number of hydrogen-bond donors (Lipinski definition) is 2. The predicted molar refractivity (Wildman–Crippen MR) is 101 cm³/mol. The van der Waals surface area contributed by atoms with E-state index in [2.05, 4.69) is 17.6 Å². The first kappa shape index (κ1) is 19.4. The predicted octanol–water partition coefficient (Wildman–Crippen LogP) is 4.58. The summed E-state index contributed by atoms with van der Waals surface area (Å²) in [6, 6.07) is 8.51. The van der Waals surface area contributed by atoms with Gasteiger partial charge < -0.3 is 20.1 Å². The minimum Gasteiger partial charge on any atom is -0.492 e. The highest BCUT2D eigenvalue weighted by Gasteiger charge is 2.21. The van der Waals surface area contributed by atoms with E-state index in [0.29, 0.717) is 19.2 Å². The van der Waals surface area contributed by atoms with Crippen molar-refractivity contribution in [3.05, 3.63) is 24.3 Å². The summed E-state index contributed by atoms with van der Waals surface area (Å²) in [5.41, 5.74) is 0.641. The maximum atomic E-state index is 11.5. The molecule has 140 valence electrons. The fourth-order valence-electron chi connectivity index (χ4n) is 3.12. The molecule has 0 bridgehead atoms. The summed E-state index contributed by atoms with van der Waals surface area (Å²) in [6.45, 7) is 8.60. The number of hydrogen-bond acceptors (Lipinski definition) is 4. The Morgan fingerprint density at radius 3 is 2.44 bits per heavy atom. The standard InChI is InChI=1S/C20H32N2O3/c1-15(16-7-5-6-8-16)22-17-9-11-18(12-10-17)24-14-13-21-19(23)25-20(2,3)4/h9-12,15-16,22H,5-8,13-14H2,1-4H3,(H,21,23). The Labute approximate surface area is 151 Å². The first-order chi connectivity index (χ1) is 11.8. The summed E-state index contributed by atoms with van der Waals surface area (Å²) in [5.74, 6) is 1.58. The second-order valence-corrected chi connectivity index (χ2v) is 7.78. The van der Waals surface area contributed by atoms with Crippen LogP contribution in [0.5, 0.6) is 5.75 Å². The van der Waals surface area contributed by atoms with Crippen LogP contribution < -0.4 is 15.4 Å². The molecule has 2 N–H and O–H groups in total. The van der Waals surface area contributed by atoms with Crippen LogP contribution in [0.3, 0.4) is 0 Å². The fourth-order valence-corrected chi connectivity index (χ4v) is 3.12. The molecule has 1 fully saturated rings. The number of nitrogens with one attached hydrogen (secondary N) is 2. The van der Waals surface area contributed by atoms with E-state index in [4.69, 9.17) is 9.47 Å². The third kappa shape index (κ3) is 7.24. The average Bonchev–Trinajstić information content (AvgIpc) is 3.06. The second-order valence-electron chi connectivity index (χ2n) is 7.78. The number of anilines is 1. The largest absolute Gasteiger partial charge is 0.492 e. The highest BCUT2D eigenvalue weighted by Crippen LogP contribution is 2.29. The average molecular weight is 348 g/mol. The molecule has 5 nitrogen and oxygen atoms in total. The van der Waals surface area contributed by atoms with Crippen LogP contribution >= 0.6 is 0 Å². The summed E-state index contributed by atoms with van der Waals surface area (Å²) in [6.07, 6.45) is 4.97. The van der Waals surface area contributed by atoms with Gasteiger partial charge in [0.1, 0.15) is 18.0 Å². The number of amides is 1. The first-order valence-corrected chi connectivity index (χ1v) is 9.30. The molecule has 1 aliphatic carbocycles. The molecule has 5 heteroatoms. The van der Waals surface area contributed by atoms with Crippen molar-refractivity contribution in [2.75, 3.05) is 18.5 Å². The van der Waals surface area contributed by atoms with Gasteiger partial charge in [-0.05, 0) is 70.7 Å². The van der Waals surface area contributed by atoms with Gasteiger partial charge in [-0.25, -0.2) is 4.79 Å². The lowest BCUT2D eigenvalue weighted by molar-refractivity contribution is 0.0520. The van der Waals surface area contributed by atoms with Gasteiger partial charge in [-0.3, -0.25) is 0 Å². The lowest BCUT2D eigenvalue weighted by atomic mass is 9.99. The monoisotopic (exact) mass is 348 g/mol. The van der Waals surface area contributed by atoms with E-state index in [1.54, 1.807) is 0 Å². The third-order valence-electron chi connectivity index (χ3n) is 4.39. The second kappa shape index (κ2) is 8.97. The number of benzene rings is 1. The molecule has 0 saturated heterocycles. The Kier molecular flexibility index (Phi) is 6.97. The zero-order valence-corrected chi connectivity index (χ0v) is 15.9. The van der Waals surface area contributed by atoms with Crippen molar-refractivity contribution in [2.45, 2.75) is 65.0 Å². The van der Waals surface area contributed by atoms with Crippen LogP contribution in [0.25, 0.3) is 0 Å². The molecule has 1 saturated carbocycles. The minimum atomic E-state index is -0.483. The quantitative estimate of drug-likeness (QED) is 0.708. The zero-order chi connectivity index (χ0) is 18.3. The summed E-state index contributed by atoms with van der Waals surface area (Å²) in [7, 11) is 0. The topological polar surface area (TPSA) is 59.6 Å². The summed E-state index contributed by atoms with van der Waals surface area (Å²) in [4.78, 5) is 11.5. The smallest absolute Gasteiger partial charge is 0.407 e. The summed E-state index contributed by atoms with van der Waals surface area (Å²) < 4.78 is 10.8. The molecule has 2 rings (SSSR count). The number of carbonyl (C=O) groups excluding carboxylic acids is 1. The Hall–Kier alpha value is -1.91. The molecule has 1 amide bonds. The maximum absolute atomic E-state index is 11.5. The molecule has 1 atom stereocenters. The lowest BCUT2D eigenvalue weighted by Crippen LogP contribution is -2.34. The van der Waals surface area contributed by atoms with Crippen LogP contribution in [0.2, 0.25) is 0 Å². The van der Waals surface area contributed by atoms with Gasteiger partial charge >= 0.3 is 6.09 Å². The molecule has 25 heavy (non-hydrogen) atoms. The maximum Gasteiger partial charge on any atom is 0.407 e. The fraction of sp³-hybridized carbons (Fsp3) is 0.650. The highest BCUT2D eigenvalue weighted by molar-refractivity contribution is 5.67. The van der Waals surface area contributed by atoms with Gasteiger partial charge in [-0.2, -0.15) is 0 Å². The van der Waals surface area contributed by atoms with Gasteiger partial charge in [-0.1, -0.05) is 12.8 Å². The first-order valence-electron chi connectivity index (χ1n) is 9.30. The molecular formula is C20H32N2O3. The Balaban J connectivity index is 1.67. The van der Waals surface area contributed by atoms with Crippen LogP contribution in [-0.2, 0) is 4.74 Å². The molecule has 0 aromatic heterocycles. The van der Waals surface area contributed by atoms with Crippen LogP contribution in [0, 0.1) is 5.92 Å². The van der Waals surface area contributed by atoms with Crippen molar-refractivity contribution in [1.29, 1.82) is 0 Å². The van der Waals surface area contributed by atoms with Crippen LogP contribution in [0.15, 0.2) is 24.3 Å². The Morgan fingerprint density at radius 1 is 1.20 bits per heavy atom. The van der Waals surface area contributed by atoms with Crippen molar-refractivity contribution in [1.82, 2.24) is 5.32 Å². The van der Waals surface area contributed by atoms with E-state index >= 15 is 0 Å². The van der Waals surface area contributed by atoms with Crippen molar-refractivity contribution in [2.24, 2.45) is 5.92 Å². The molecule has 0 spiro atoms. The van der Waals surface area contributed by atoms with Gasteiger partial charge in [0.05, 0.1) is 6.54 Å². The SMILES string of the molecule is CC(Nc1ccc(OCCNC(=O)OC(C)(C)C)cc1)C1CCCC1. The van der Waals surface area contributed by atoms with E-state index in [0.717, 1.165) is 17.4 Å². The molecule has 0 aliphatic heterocycles. The van der Waals surface area contributed by atoms with Crippen molar-refractivity contribution in [3.8, 4) is 5.75 Å². The van der Waals surface area contributed by atoms with Crippen molar-refractivity contribution >= 4 is 11.8 Å². The normalized spacial score (nSPS) is 16.3. The Bertz CT molecular complexity index is 531. The van der Waals surface area contributed by atoms with Crippen molar-refractivity contribution in [3.63, 3.8) is 0 Å². The molecule has 0 radical (unpaired) electrons. The molecule has 0 heterocycles. The number of rotatable bonds is 7. The summed E-state index contributed by atoms with van der Waals surface area (Å²) >= 11 is 0. The molecule has 1 aliphatic rings. The number of carbonyl (C=O) groups is 1. The number of ether oxygens (including phenoxy) is 2. The molecule has 1 aromatic carbocycles. The minimum absolute atomic E-state index is 0.407. The van der Waals surface area contributed by atoms with Gasteiger partial charge in [-0.15, -0.1) is 0 Å². The van der Waals surface area contributed by atoms with E-state index < -0.39 is 11.7 Å². The van der Waals surface area contributed by atoms with Gasteiger partial charge in [0.15, 0.2) is 0 Å². The molecule has 1 unspecified atom stereocenters. The molecular weight excluding hydrogens is 316 g/mol. The van der Waals surface area contributed by atoms with Crippen LogP contribution in [0.4, 0.5) is 10.5 Å². The Morgan fingerprint density at radius 2 is 1.84 bits per heavy atom. The lowest BCUT2D eigenvalue weighted by Gasteiger charge is -2.21. The van der Waals surface area contributed by atoms with E-state index in [-0.39, 0.29) is 0 Å². The van der Waals surface area contributed by atoms with E-state index in [9.17, 15) is 4.79 Å². The van der Waals surface area contributed by atoms with Gasteiger partial charge in [0.25, 0.3) is 0 Å². The van der Waals surface area contributed by atoms with Gasteiger partial charge in [0, 0.05) is 11.7 Å². The highest BCUT2D eigenvalue weighted by atomic mass is 16.6. The number of alkyl carbamates (subject to hydrolysis) is 1. The van der Waals surface area contributed by atoms with E-state index in [1.807, 2.05) is 45.0 Å². The zero-order valence-electron chi connectivity index (χ0n) is 15.9. The molecule has 1 aromatic rings. The van der Waals surface area contributed by atoms with Gasteiger partial charge in [0.2, 0.25) is 0 Å². The third-order valence-corrected chi connectivity index (χ3v) is 4.39.